The Kier molecular flexibility index (Phi) is 4.14. The number of hydrogen-bond donors (Lipinski definition) is 0. The second-order valence-electron chi connectivity index (χ2n) is 9.23. The minimum atomic E-state index is -0.218. The van der Waals surface area contributed by atoms with Crippen molar-refractivity contribution in [2.24, 2.45) is 0 Å². The lowest BCUT2D eigenvalue weighted by Crippen LogP contribution is -2.22. The van der Waals surface area contributed by atoms with Crippen LogP contribution in [-0.4, -0.2) is 9.97 Å². The van der Waals surface area contributed by atoms with Crippen LogP contribution in [0.3, 0.4) is 0 Å². The number of fused-ring (bicyclic) bond motifs is 10. The van der Waals surface area contributed by atoms with E-state index < -0.39 is 0 Å². The maximum absolute atomic E-state index is 5.10. The van der Waals surface area contributed by atoms with Crippen LogP contribution in [0.4, 0.5) is 0 Å². The maximum Gasteiger partial charge on any atom is 0.0705 e. The normalized spacial score (nSPS) is 15.9. The molecule has 0 unspecified atom stereocenters. The predicted molar refractivity (Wildman–Crippen MR) is 124 cm³/mol. The molecule has 0 atom stereocenters. The van der Waals surface area contributed by atoms with Gasteiger partial charge in [0.25, 0.3) is 0 Å². The summed E-state index contributed by atoms with van der Waals surface area (Å²) < 4.78 is 0. The first-order valence-electron chi connectivity index (χ1n) is 10.5. The smallest absolute Gasteiger partial charge is 0.0705 e. The summed E-state index contributed by atoms with van der Waals surface area (Å²) in [7, 11) is 0. The topological polar surface area (TPSA) is 25.8 Å². The molecule has 30 heavy (non-hydrogen) atoms. The standard InChI is InChI=1S/C28H26N2/c1-27(2)21-11-5-9-19(17-21)24-14-8-16-26(30-24)28(3,4)22-12-6-10-20(18-22)23-13-7-15-25(27)29-23/h5-18H,1-4H3. The van der Waals surface area contributed by atoms with E-state index in [0.29, 0.717) is 0 Å². The SMILES string of the molecule is CC1(C)c2cccc(c2)-c2cccc(n2)C(C)(C)c2cccc(c2)-c2cccc1n2. The minimum absolute atomic E-state index is 0.218. The molecule has 0 N–H and O–H groups in total. The summed E-state index contributed by atoms with van der Waals surface area (Å²) in [5, 5.41) is 0. The second-order valence-corrected chi connectivity index (χ2v) is 9.23. The lowest BCUT2D eigenvalue weighted by atomic mass is 9.79. The zero-order chi connectivity index (χ0) is 20.9. The van der Waals surface area contributed by atoms with E-state index in [4.69, 9.17) is 9.97 Å². The summed E-state index contributed by atoms with van der Waals surface area (Å²) in [6.45, 7) is 8.97. The van der Waals surface area contributed by atoms with Gasteiger partial charge in [-0.05, 0) is 47.5 Å². The van der Waals surface area contributed by atoms with Gasteiger partial charge >= 0.3 is 0 Å². The monoisotopic (exact) mass is 390 g/mol. The van der Waals surface area contributed by atoms with Gasteiger partial charge in [0.05, 0.1) is 22.8 Å². The van der Waals surface area contributed by atoms with Crippen molar-refractivity contribution in [3.05, 3.63) is 107 Å². The van der Waals surface area contributed by atoms with Gasteiger partial charge in [0.1, 0.15) is 0 Å². The molecule has 2 heteroatoms. The van der Waals surface area contributed by atoms with Crippen LogP contribution in [0.25, 0.3) is 22.5 Å². The van der Waals surface area contributed by atoms with Crippen LogP contribution in [-0.2, 0) is 10.8 Å². The highest BCUT2D eigenvalue weighted by molar-refractivity contribution is 5.64. The molecule has 1 aliphatic heterocycles. The molecule has 0 amide bonds. The van der Waals surface area contributed by atoms with E-state index in [9.17, 15) is 0 Å². The van der Waals surface area contributed by atoms with Crippen LogP contribution in [0.2, 0.25) is 0 Å². The van der Waals surface area contributed by atoms with Crippen LogP contribution in [0, 0.1) is 0 Å². The first-order chi connectivity index (χ1) is 14.4. The summed E-state index contributed by atoms with van der Waals surface area (Å²) >= 11 is 0. The lowest BCUT2D eigenvalue weighted by Gasteiger charge is -2.28. The Hall–Kier alpha value is -3.26. The van der Waals surface area contributed by atoms with Crippen LogP contribution >= 0.6 is 0 Å². The zero-order valence-electron chi connectivity index (χ0n) is 18.0. The Morgan fingerprint density at radius 3 is 1.33 bits per heavy atom. The average molecular weight is 391 g/mol. The molecule has 3 heterocycles. The molecule has 0 aliphatic carbocycles. The highest BCUT2D eigenvalue weighted by Gasteiger charge is 2.28. The molecule has 2 aromatic heterocycles. The summed E-state index contributed by atoms with van der Waals surface area (Å²) in [4.78, 5) is 10.2. The van der Waals surface area contributed by atoms with E-state index in [-0.39, 0.29) is 10.8 Å². The second kappa shape index (κ2) is 6.63. The minimum Gasteiger partial charge on any atom is -0.252 e. The van der Waals surface area contributed by atoms with Crippen molar-refractivity contribution in [1.82, 2.24) is 9.97 Å². The first-order valence-corrected chi connectivity index (χ1v) is 10.5. The third-order valence-corrected chi connectivity index (χ3v) is 6.54. The molecule has 0 fully saturated rings. The van der Waals surface area contributed by atoms with Gasteiger partial charge in [-0.25, -0.2) is 0 Å². The number of hydrogen-bond acceptors (Lipinski definition) is 2. The third kappa shape index (κ3) is 2.95. The molecule has 4 aromatic rings. The Morgan fingerprint density at radius 1 is 0.500 bits per heavy atom. The molecule has 0 radical (unpaired) electrons. The van der Waals surface area contributed by atoms with Gasteiger partial charge < -0.3 is 0 Å². The van der Waals surface area contributed by atoms with Gasteiger partial charge in [0, 0.05) is 22.0 Å². The zero-order valence-corrected chi connectivity index (χ0v) is 18.0. The van der Waals surface area contributed by atoms with Crippen LogP contribution < -0.4 is 0 Å². The average Bonchev–Trinajstić information content (AvgIpc) is 2.79. The molecule has 5 rings (SSSR count). The van der Waals surface area contributed by atoms with E-state index in [0.717, 1.165) is 33.9 Å². The van der Waals surface area contributed by atoms with Crippen molar-refractivity contribution < 1.29 is 0 Å². The summed E-state index contributed by atoms with van der Waals surface area (Å²) in [6.07, 6.45) is 0. The van der Waals surface area contributed by atoms with E-state index in [1.54, 1.807) is 0 Å². The van der Waals surface area contributed by atoms with Crippen LogP contribution in [0.5, 0.6) is 0 Å². The number of nitrogens with zero attached hydrogens (tertiary/aromatic N) is 2. The van der Waals surface area contributed by atoms with Gasteiger partial charge in [0.15, 0.2) is 0 Å². The Bertz CT molecular complexity index is 1060. The fraction of sp³-hybridized carbons (Fsp3) is 0.214. The van der Waals surface area contributed by atoms with E-state index in [2.05, 4.69) is 113 Å². The Balaban J connectivity index is 1.85. The fourth-order valence-electron chi connectivity index (χ4n) is 4.32. The van der Waals surface area contributed by atoms with E-state index in [1.165, 1.54) is 11.1 Å². The first kappa shape index (κ1) is 18.7. The number of rotatable bonds is 0. The predicted octanol–water partition coefficient (Wildman–Crippen LogP) is 6.78. The van der Waals surface area contributed by atoms with Crippen LogP contribution in [0.15, 0.2) is 84.9 Å². The van der Waals surface area contributed by atoms with Crippen molar-refractivity contribution in [2.75, 3.05) is 0 Å². The lowest BCUT2D eigenvalue weighted by molar-refractivity contribution is 0.614. The van der Waals surface area contributed by atoms with E-state index in [1.807, 2.05) is 0 Å². The Morgan fingerprint density at radius 2 is 0.900 bits per heavy atom. The largest absolute Gasteiger partial charge is 0.252 e. The molecule has 0 saturated heterocycles. The quantitative estimate of drug-likeness (QED) is 0.331. The number of pyridine rings is 2. The van der Waals surface area contributed by atoms with Crippen molar-refractivity contribution in [3.63, 3.8) is 0 Å². The summed E-state index contributed by atoms with van der Waals surface area (Å²) in [6, 6.07) is 30.2. The molecule has 0 spiro atoms. The molecule has 2 nitrogen and oxygen atoms in total. The Labute approximate surface area is 178 Å². The third-order valence-electron chi connectivity index (χ3n) is 6.54. The molecule has 0 saturated carbocycles. The number of benzene rings is 2. The van der Waals surface area contributed by atoms with E-state index >= 15 is 0 Å². The summed E-state index contributed by atoms with van der Waals surface area (Å²) in [5.41, 5.74) is 8.47. The van der Waals surface area contributed by atoms with Crippen molar-refractivity contribution >= 4 is 0 Å². The van der Waals surface area contributed by atoms with Crippen molar-refractivity contribution in [2.45, 2.75) is 38.5 Å². The van der Waals surface area contributed by atoms with Gasteiger partial charge in [-0.2, -0.15) is 0 Å². The van der Waals surface area contributed by atoms with Crippen molar-refractivity contribution in [3.8, 4) is 22.5 Å². The van der Waals surface area contributed by atoms with Gasteiger partial charge in [0.2, 0.25) is 0 Å². The van der Waals surface area contributed by atoms with Gasteiger partial charge in [-0.1, -0.05) is 76.2 Å². The number of aromatic nitrogens is 2. The van der Waals surface area contributed by atoms with Gasteiger partial charge in [-0.15, -0.1) is 0 Å². The van der Waals surface area contributed by atoms with Gasteiger partial charge in [-0.3, -0.25) is 9.97 Å². The van der Waals surface area contributed by atoms with Crippen molar-refractivity contribution in [1.29, 1.82) is 0 Å². The fourth-order valence-corrected chi connectivity index (χ4v) is 4.32. The van der Waals surface area contributed by atoms with Crippen LogP contribution in [0.1, 0.15) is 50.2 Å². The summed E-state index contributed by atoms with van der Waals surface area (Å²) in [5.74, 6) is 0. The highest BCUT2D eigenvalue weighted by atomic mass is 14.7. The molecule has 1 aliphatic rings. The molecule has 148 valence electrons. The maximum atomic E-state index is 5.10. The molecular weight excluding hydrogens is 364 g/mol. The molecule has 8 bridgehead atoms. The highest BCUT2D eigenvalue weighted by Crippen LogP contribution is 2.37. The molecule has 2 aromatic carbocycles. The molecular formula is C28H26N2.